The maximum absolute atomic E-state index is 12.1. The van der Waals surface area contributed by atoms with Gasteiger partial charge in [0.15, 0.2) is 0 Å². The van der Waals surface area contributed by atoms with Crippen LogP contribution in [0.1, 0.15) is 19.8 Å². The monoisotopic (exact) mass is 282 g/mol. The quantitative estimate of drug-likeness (QED) is 0.723. The smallest absolute Gasteiger partial charge is 0.268 e. The van der Waals surface area contributed by atoms with Crippen LogP contribution in [-0.4, -0.2) is 50.2 Å². The molecule has 0 amide bonds. The number of ether oxygens (including phenoxy) is 1. The minimum absolute atomic E-state index is 0.0666. The Balaban J connectivity index is 2.75. The van der Waals surface area contributed by atoms with Crippen molar-refractivity contribution >= 4 is 5.69 Å². The minimum Gasteiger partial charge on any atom is -0.383 e. The number of hydrogen-bond donors (Lipinski definition) is 1. The maximum atomic E-state index is 12.1. The fraction of sp³-hybridized carbons (Fsp3) is 0.714. The first-order valence-electron chi connectivity index (χ1n) is 7.06. The number of aromatic nitrogens is 2. The summed E-state index contributed by atoms with van der Waals surface area (Å²) in [4.78, 5) is 14.1. The molecule has 0 aliphatic carbocycles. The van der Waals surface area contributed by atoms with Gasteiger partial charge in [-0.3, -0.25) is 4.79 Å². The first-order chi connectivity index (χ1) is 9.62. The Kier molecular flexibility index (Phi) is 7.25. The first-order valence-corrected chi connectivity index (χ1v) is 7.06. The maximum Gasteiger partial charge on any atom is 0.268 e. The molecular formula is C14H26N4O2. The largest absolute Gasteiger partial charge is 0.383 e. The van der Waals surface area contributed by atoms with Gasteiger partial charge in [0.1, 0.15) is 0 Å². The Labute approximate surface area is 120 Å². The van der Waals surface area contributed by atoms with Crippen LogP contribution in [0.15, 0.2) is 17.1 Å². The first kappa shape index (κ1) is 16.7. The summed E-state index contributed by atoms with van der Waals surface area (Å²) in [6, 6.07) is 1.91. The molecule has 0 aromatic carbocycles. The van der Waals surface area contributed by atoms with Crippen LogP contribution in [0.25, 0.3) is 0 Å². The molecule has 20 heavy (non-hydrogen) atoms. The van der Waals surface area contributed by atoms with E-state index in [0.29, 0.717) is 13.2 Å². The molecule has 6 nitrogen and oxygen atoms in total. The number of nitrogens with zero attached hydrogens (tertiary/aromatic N) is 3. The molecule has 0 spiro atoms. The molecule has 0 aliphatic heterocycles. The van der Waals surface area contributed by atoms with Crippen molar-refractivity contribution in [2.45, 2.75) is 32.4 Å². The lowest BCUT2D eigenvalue weighted by atomic mass is 10.2. The van der Waals surface area contributed by atoms with E-state index >= 15 is 0 Å². The molecule has 0 saturated heterocycles. The van der Waals surface area contributed by atoms with E-state index in [1.807, 2.05) is 19.0 Å². The number of nitrogens with one attached hydrogen (secondary N) is 1. The van der Waals surface area contributed by atoms with E-state index in [0.717, 1.165) is 25.1 Å². The van der Waals surface area contributed by atoms with E-state index in [4.69, 9.17) is 4.74 Å². The lowest BCUT2D eigenvalue weighted by Gasteiger charge is -2.19. The fourth-order valence-corrected chi connectivity index (χ4v) is 2.01. The second-order valence-electron chi connectivity index (χ2n) is 4.92. The Morgan fingerprint density at radius 2 is 2.30 bits per heavy atom. The van der Waals surface area contributed by atoms with Crippen LogP contribution in [-0.2, 0) is 11.3 Å². The summed E-state index contributed by atoms with van der Waals surface area (Å²) in [6.07, 6.45) is 3.84. The molecule has 0 saturated carbocycles. The van der Waals surface area contributed by atoms with E-state index in [-0.39, 0.29) is 11.6 Å². The van der Waals surface area contributed by atoms with E-state index in [9.17, 15) is 4.79 Å². The molecule has 6 heteroatoms. The topological polar surface area (TPSA) is 59.4 Å². The van der Waals surface area contributed by atoms with Gasteiger partial charge in [-0.25, -0.2) is 4.68 Å². The van der Waals surface area contributed by atoms with Crippen molar-refractivity contribution in [1.82, 2.24) is 15.1 Å². The molecule has 0 fully saturated rings. The van der Waals surface area contributed by atoms with Gasteiger partial charge in [-0.1, -0.05) is 13.3 Å². The Morgan fingerprint density at radius 1 is 1.55 bits per heavy atom. The molecule has 1 heterocycles. The van der Waals surface area contributed by atoms with Crippen molar-refractivity contribution in [3.05, 3.63) is 22.6 Å². The third kappa shape index (κ3) is 4.94. The Hall–Kier alpha value is -1.40. The van der Waals surface area contributed by atoms with Crippen LogP contribution in [0.5, 0.6) is 0 Å². The molecule has 1 unspecified atom stereocenters. The zero-order valence-electron chi connectivity index (χ0n) is 12.9. The van der Waals surface area contributed by atoms with Gasteiger partial charge in [0.2, 0.25) is 0 Å². The summed E-state index contributed by atoms with van der Waals surface area (Å²) < 4.78 is 6.55. The van der Waals surface area contributed by atoms with Crippen molar-refractivity contribution < 1.29 is 4.74 Å². The second-order valence-corrected chi connectivity index (χ2v) is 4.92. The Bertz CT molecular complexity index is 447. The molecule has 1 rings (SSSR count). The zero-order chi connectivity index (χ0) is 15.0. The normalized spacial score (nSPS) is 12.4. The van der Waals surface area contributed by atoms with Gasteiger partial charge in [0, 0.05) is 32.8 Å². The third-order valence-electron chi connectivity index (χ3n) is 3.37. The predicted octanol–water partition coefficient (Wildman–Crippen LogP) is 0.714. The number of methoxy groups -OCH3 is 1. The van der Waals surface area contributed by atoms with Gasteiger partial charge in [-0.05, 0) is 13.5 Å². The highest BCUT2D eigenvalue weighted by atomic mass is 16.5. The number of likely N-dealkylation sites (N-methyl/N-ethyl adjacent to an activating group) is 2. The molecule has 0 bridgehead atoms. The number of rotatable bonds is 9. The molecule has 1 aromatic heterocycles. The van der Waals surface area contributed by atoms with E-state index < -0.39 is 0 Å². The molecule has 0 radical (unpaired) electrons. The lowest BCUT2D eigenvalue weighted by molar-refractivity contribution is 0.206. The van der Waals surface area contributed by atoms with Crippen molar-refractivity contribution in [3.63, 3.8) is 0 Å². The average Bonchev–Trinajstić information content (AvgIpc) is 2.45. The van der Waals surface area contributed by atoms with Crippen LogP contribution in [0.4, 0.5) is 5.69 Å². The minimum atomic E-state index is -0.0666. The van der Waals surface area contributed by atoms with Gasteiger partial charge in [-0.2, -0.15) is 5.10 Å². The summed E-state index contributed by atoms with van der Waals surface area (Å²) in [5, 5.41) is 7.48. The van der Waals surface area contributed by atoms with Crippen LogP contribution in [0, 0.1) is 0 Å². The van der Waals surface area contributed by atoms with Crippen molar-refractivity contribution in [1.29, 1.82) is 0 Å². The molecule has 0 aliphatic rings. The van der Waals surface area contributed by atoms with Crippen LogP contribution < -0.4 is 15.8 Å². The summed E-state index contributed by atoms with van der Waals surface area (Å²) in [5.41, 5.74) is 0.753. The molecular weight excluding hydrogens is 256 g/mol. The van der Waals surface area contributed by atoms with Crippen molar-refractivity contribution in [2.75, 3.05) is 39.3 Å². The van der Waals surface area contributed by atoms with Gasteiger partial charge in [0.05, 0.1) is 25.0 Å². The van der Waals surface area contributed by atoms with Crippen LogP contribution >= 0.6 is 0 Å². The fourth-order valence-electron chi connectivity index (χ4n) is 2.01. The summed E-state index contributed by atoms with van der Waals surface area (Å²) in [6.45, 7) is 4.09. The van der Waals surface area contributed by atoms with E-state index in [2.05, 4.69) is 17.3 Å². The highest BCUT2D eigenvalue weighted by molar-refractivity contribution is 5.41. The highest BCUT2D eigenvalue weighted by Gasteiger charge is 2.09. The highest BCUT2D eigenvalue weighted by Crippen LogP contribution is 2.06. The summed E-state index contributed by atoms with van der Waals surface area (Å²) in [7, 11) is 5.50. The lowest BCUT2D eigenvalue weighted by Crippen LogP contribution is -2.36. The van der Waals surface area contributed by atoms with Crippen molar-refractivity contribution in [2.24, 2.45) is 0 Å². The average molecular weight is 282 g/mol. The standard InChI is InChI=1S/C14H26N4O2/c1-5-6-12(15-2)11-18-14(19)9-13(10-16-18)17(3)7-8-20-4/h9-10,12,15H,5-8,11H2,1-4H3. The van der Waals surface area contributed by atoms with Crippen LogP contribution in [0.2, 0.25) is 0 Å². The zero-order valence-corrected chi connectivity index (χ0v) is 12.9. The van der Waals surface area contributed by atoms with Gasteiger partial charge < -0.3 is 15.0 Å². The van der Waals surface area contributed by atoms with E-state index in [1.165, 1.54) is 4.68 Å². The SMILES string of the molecule is CCCC(Cn1ncc(N(C)CCOC)cc1=O)NC. The second kappa shape index (κ2) is 8.71. The van der Waals surface area contributed by atoms with Crippen molar-refractivity contribution in [3.8, 4) is 0 Å². The Morgan fingerprint density at radius 3 is 2.85 bits per heavy atom. The van der Waals surface area contributed by atoms with E-state index in [1.54, 1.807) is 19.4 Å². The summed E-state index contributed by atoms with van der Waals surface area (Å²) in [5.74, 6) is 0. The third-order valence-corrected chi connectivity index (χ3v) is 3.37. The molecule has 1 atom stereocenters. The molecule has 1 N–H and O–H groups in total. The van der Waals surface area contributed by atoms with Gasteiger partial charge in [-0.15, -0.1) is 0 Å². The van der Waals surface area contributed by atoms with Crippen LogP contribution in [0.3, 0.4) is 0 Å². The molecule has 114 valence electrons. The number of hydrogen-bond acceptors (Lipinski definition) is 5. The van der Waals surface area contributed by atoms with Gasteiger partial charge in [0.25, 0.3) is 5.56 Å². The molecule has 1 aromatic rings. The van der Waals surface area contributed by atoms with Gasteiger partial charge >= 0.3 is 0 Å². The summed E-state index contributed by atoms with van der Waals surface area (Å²) >= 11 is 0. The predicted molar refractivity (Wildman–Crippen MR) is 81.4 cm³/mol. The number of anilines is 1.